The van der Waals surface area contributed by atoms with Crippen LogP contribution in [0.5, 0.6) is 11.8 Å². The number of nitrogens with zero attached hydrogens (tertiary/aromatic N) is 1. The van der Waals surface area contributed by atoms with E-state index in [0.717, 1.165) is 10.9 Å². The van der Waals surface area contributed by atoms with Crippen LogP contribution in [0.4, 0.5) is 0 Å². The van der Waals surface area contributed by atoms with Crippen molar-refractivity contribution in [1.29, 1.82) is 0 Å². The van der Waals surface area contributed by atoms with Crippen molar-refractivity contribution in [2.45, 2.75) is 0 Å². The molecule has 2 heterocycles. The van der Waals surface area contributed by atoms with Gasteiger partial charge in [0.25, 0.3) is 0 Å². The van der Waals surface area contributed by atoms with Gasteiger partial charge in [0, 0.05) is 23.4 Å². The van der Waals surface area contributed by atoms with Crippen molar-refractivity contribution in [1.82, 2.24) is 4.57 Å². The fraction of sp³-hybridized carbons (Fsp3) is 0.0769. The van der Waals surface area contributed by atoms with Gasteiger partial charge in [0.1, 0.15) is 0 Å². The van der Waals surface area contributed by atoms with Gasteiger partial charge in [0.2, 0.25) is 5.88 Å². The molecule has 0 aliphatic rings. The van der Waals surface area contributed by atoms with Gasteiger partial charge in [-0.2, -0.15) is 0 Å². The Bertz CT molecular complexity index is 697. The summed E-state index contributed by atoms with van der Waals surface area (Å²) >= 11 is 1.69. The summed E-state index contributed by atoms with van der Waals surface area (Å²) in [5.74, 6) is 0.139. The lowest BCUT2D eigenvalue weighted by Crippen LogP contribution is -1.84. The second kappa shape index (κ2) is 3.53. The average molecular weight is 245 g/mol. The first-order chi connectivity index (χ1) is 8.16. The Morgan fingerprint density at radius 1 is 1.12 bits per heavy atom. The predicted molar refractivity (Wildman–Crippen MR) is 69.6 cm³/mol. The highest BCUT2D eigenvalue weighted by Crippen LogP contribution is 2.36. The number of benzene rings is 1. The van der Waals surface area contributed by atoms with Crippen molar-refractivity contribution in [3.05, 3.63) is 35.7 Å². The predicted octanol–water partition coefficient (Wildman–Crippen LogP) is 3.32. The standard InChI is InChI=1S/C13H11NO2S/c1-14-12(15)7-10(13(14)16)8-2-3-11-9(6-8)4-5-17-11/h2-7,15-16H,1H3. The topological polar surface area (TPSA) is 45.4 Å². The molecule has 0 fully saturated rings. The zero-order chi connectivity index (χ0) is 12.0. The van der Waals surface area contributed by atoms with Crippen LogP contribution in [0.15, 0.2) is 35.7 Å². The van der Waals surface area contributed by atoms with Crippen molar-refractivity contribution >= 4 is 21.4 Å². The Labute approximate surface area is 102 Å². The minimum atomic E-state index is 0.0583. The van der Waals surface area contributed by atoms with E-state index in [4.69, 9.17) is 0 Å². The molecule has 17 heavy (non-hydrogen) atoms. The van der Waals surface area contributed by atoms with E-state index in [1.807, 2.05) is 29.6 Å². The molecule has 1 aromatic carbocycles. The van der Waals surface area contributed by atoms with Crippen LogP contribution < -0.4 is 0 Å². The third-order valence-corrected chi connectivity index (χ3v) is 3.84. The second-order valence-electron chi connectivity index (χ2n) is 3.97. The Kier molecular flexibility index (Phi) is 2.12. The molecule has 0 aliphatic carbocycles. The SMILES string of the molecule is Cn1c(O)cc(-c2ccc3sccc3c2)c1O. The van der Waals surface area contributed by atoms with E-state index in [1.165, 1.54) is 9.27 Å². The monoisotopic (exact) mass is 245 g/mol. The summed E-state index contributed by atoms with van der Waals surface area (Å²) in [5, 5.41) is 22.6. The fourth-order valence-corrected chi connectivity index (χ4v) is 2.70. The molecule has 3 aromatic rings. The zero-order valence-corrected chi connectivity index (χ0v) is 10.0. The highest BCUT2D eigenvalue weighted by Gasteiger charge is 2.12. The van der Waals surface area contributed by atoms with Crippen molar-refractivity contribution < 1.29 is 10.2 Å². The molecule has 3 rings (SSSR count). The molecular weight excluding hydrogens is 234 g/mol. The molecule has 4 heteroatoms. The summed E-state index contributed by atoms with van der Waals surface area (Å²) in [6, 6.07) is 9.61. The van der Waals surface area contributed by atoms with E-state index in [-0.39, 0.29) is 11.8 Å². The second-order valence-corrected chi connectivity index (χ2v) is 4.92. The summed E-state index contributed by atoms with van der Waals surface area (Å²) in [4.78, 5) is 0. The molecule has 2 aromatic heterocycles. The average Bonchev–Trinajstić information content (AvgIpc) is 2.89. The third kappa shape index (κ3) is 1.49. The molecule has 0 atom stereocenters. The molecule has 0 spiro atoms. The van der Waals surface area contributed by atoms with Gasteiger partial charge in [-0.3, -0.25) is 4.57 Å². The number of fused-ring (bicyclic) bond motifs is 1. The normalized spacial score (nSPS) is 11.1. The highest BCUT2D eigenvalue weighted by molar-refractivity contribution is 7.17. The van der Waals surface area contributed by atoms with E-state index in [9.17, 15) is 10.2 Å². The molecule has 86 valence electrons. The summed E-state index contributed by atoms with van der Waals surface area (Å²) in [7, 11) is 1.62. The largest absolute Gasteiger partial charge is 0.494 e. The van der Waals surface area contributed by atoms with Gasteiger partial charge in [-0.25, -0.2) is 0 Å². The van der Waals surface area contributed by atoms with Crippen molar-refractivity contribution in [3.63, 3.8) is 0 Å². The van der Waals surface area contributed by atoms with Crippen molar-refractivity contribution in [2.24, 2.45) is 7.05 Å². The number of thiophene rings is 1. The Morgan fingerprint density at radius 3 is 2.65 bits per heavy atom. The highest BCUT2D eigenvalue weighted by atomic mass is 32.1. The minimum Gasteiger partial charge on any atom is -0.494 e. The Balaban J connectivity index is 2.22. The van der Waals surface area contributed by atoms with Crippen LogP contribution in [-0.2, 0) is 7.05 Å². The lowest BCUT2D eigenvalue weighted by Gasteiger charge is -2.01. The maximum atomic E-state index is 9.90. The lowest BCUT2D eigenvalue weighted by molar-refractivity contribution is 0.387. The molecule has 0 radical (unpaired) electrons. The van der Waals surface area contributed by atoms with Gasteiger partial charge >= 0.3 is 0 Å². The summed E-state index contributed by atoms with van der Waals surface area (Å²) in [5.41, 5.74) is 1.56. The van der Waals surface area contributed by atoms with E-state index in [0.29, 0.717) is 5.56 Å². The van der Waals surface area contributed by atoms with Gasteiger partial charge in [0.05, 0.1) is 0 Å². The van der Waals surface area contributed by atoms with Gasteiger partial charge in [-0.1, -0.05) is 6.07 Å². The van der Waals surface area contributed by atoms with Crippen LogP contribution in [0.25, 0.3) is 21.2 Å². The van der Waals surface area contributed by atoms with E-state index >= 15 is 0 Å². The summed E-state index contributed by atoms with van der Waals surface area (Å²) < 4.78 is 2.57. The number of aromatic nitrogens is 1. The van der Waals surface area contributed by atoms with E-state index < -0.39 is 0 Å². The molecule has 0 unspecified atom stereocenters. The van der Waals surface area contributed by atoms with E-state index in [2.05, 4.69) is 0 Å². The first kappa shape index (κ1) is 10.2. The van der Waals surface area contributed by atoms with Gasteiger partial charge in [0.15, 0.2) is 5.88 Å². The smallest absolute Gasteiger partial charge is 0.201 e. The van der Waals surface area contributed by atoms with Crippen LogP contribution in [-0.4, -0.2) is 14.8 Å². The maximum Gasteiger partial charge on any atom is 0.201 e. The molecule has 0 bridgehead atoms. The molecule has 0 saturated carbocycles. The number of hydrogen-bond acceptors (Lipinski definition) is 3. The first-order valence-electron chi connectivity index (χ1n) is 5.22. The summed E-state index contributed by atoms with van der Waals surface area (Å²) in [6.07, 6.45) is 0. The first-order valence-corrected chi connectivity index (χ1v) is 6.10. The molecule has 0 aliphatic heterocycles. The Morgan fingerprint density at radius 2 is 1.94 bits per heavy atom. The van der Waals surface area contributed by atoms with Gasteiger partial charge in [-0.15, -0.1) is 11.3 Å². The van der Waals surface area contributed by atoms with Gasteiger partial charge < -0.3 is 10.2 Å². The molecular formula is C13H11NO2S. The zero-order valence-electron chi connectivity index (χ0n) is 9.21. The molecule has 0 saturated heterocycles. The number of rotatable bonds is 1. The minimum absolute atomic E-state index is 0.0583. The van der Waals surface area contributed by atoms with Gasteiger partial charge in [-0.05, 0) is 34.5 Å². The van der Waals surface area contributed by atoms with E-state index in [1.54, 1.807) is 24.5 Å². The Hall–Kier alpha value is -1.94. The molecule has 3 nitrogen and oxygen atoms in total. The van der Waals surface area contributed by atoms with Crippen LogP contribution >= 0.6 is 11.3 Å². The fourth-order valence-electron chi connectivity index (χ4n) is 1.93. The summed E-state index contributed by atoms with van der Waals surface area (Å²) in [6.45, 7) is 0. The van der Waals surface area contributed by atoms with Crippen LogP contribution in [0.3, 0.4) is 0 Å². The number of aromatic hydroxyl groups is 2. The van der Waals surface area contributed by atoms with Crippen LogP contribution in [0.2, 0.25) is 0 Å². The maximum absolute atomic E-state index is 9.90. The van der Waals surface area contributed by atoms with Crippen molar-refractivity contribution in [3.8, 4) is 22.9 Å². The number of hydrogen-bond donors (Lipinski definition) is 2. The quantitative estimate of drug-likeness (QED) is 0.690. The molecule has 2 N–H and O–H groups in total. The lowest BCUT2D eigenvalue weighted by atomic mass is 10.1. The molecule has 0 amide bonds. The van der Waals surface area contributed by atoms with Crippen LogP contribution in [0, 0.1) is 0 Å². The van der Waals surface area contributed by atoms with Crippen molar-refractivity contribution in [2.75, 3.05) is 0 Å². The third-order valence-electron chi connectivity index (χ3n) is 2.94. The van der Waals surface area contributed by atoms with Crippen LogP contribution in [0.1, 0.15) is 0 Å².